The van der Waals surface area contributed by atoms with Crippen LogP contribution in [0.4, 0.5) is 10.2 Å². The van der Waals surface area contributed by atoms with E-state index in [4.69, 9.17) is 11.6 Å². The predicted molar refractivity (Wildman–Crippen MR) is 108 cm³/mol. The smallest absolute Gasteiger partial charge is 0.288 e. The molecule has 1 saturated carbocycles. The Labute approximate surface area is 170 Å². The van der Waals surface area contributed by atoms with Crippen LogP contribution in [0.15, 0.2) is 30.6 Å². The lowest BCUT2D eigenvalue weighted by Gasteiger charge is -2.10. The van der Waals surface area contributed by atoms with Crippen molar-refractivity contribution in [2.45, 2.75) is 19.5 Å². The van der Waals surface area contributed by atoms with Crippen LogP contribution >= 0.6 is 11.6 Å². The lowest BCUT2D eigenvalue weighted by molar-refractivity contribution is -0.117. The summed E-state index contributed by atoms with van der Waals surface area (Å²) in [4.78, 5) is 36.2. The molecule has 4 rings (SSSR count). The Morgan fingerprint density at radius 1 is 1.21 bits per heavy atom. The summed E-state index contributed by atoms with van der Waals surface area (Å²) < 4.78 is 13.1. The summed E-state index contributed by atoms with van der Waals surface area (Å²) in [5.74, 6) is -0.922. The topological polar surface area (TPSA) is 96.9 Å². The molecule has 2 amide bonds. The standard InChI is InChI=1S/C20H17ClFN5O2/c1-9-13(7-25-18(26-9)20(29)23-2)10-3-11-5-17(24-8-14(11)15(21)4-10)27-19(28)12-6-16(12)22/h3-5,7-8,12,16H,6H2,1-2H3,(H,23,29)(H,24,27,28). The molecule has 0 radical (unpaired) electrons. The third-order valence-corrected chi connectivity index (χ3v) is 5.12. The number of nitrogens with zero attached hydrogens (tertiary/aromatic N) is 3. The summed E-state index contributed by atoms with van der Waals surface area (Å²) in [6.07, 6.45) is 2.32. The summed E-state index contributed by atoms with van der Waals surface area (Å²) >= 11 is 6.42. The highest BCUT2D eigenvalue weighted by Gasteiger charge is 2.43. The van der Waals surface area contributed by atoms with Gasteiger partial charge in [-0.3, -0.25) is 9.59 Å². The number of rotatable bonds is 4. The molecule has 2 atom stereocenters. The van der Waals surface area contributed by atoms with E-state index in [0.29, 0.717) is 21.9 Å². The number of alkyl halides is 1. The molecule has 0 saturated heterocycles. The zero-order valence-electron chi connectivity index (χ0n) is 15.7. The van der Waals surface area contributed by atoms with Gasteiger partial charge in [-0.05, 0) is 42.5 Å². The van der Waals surface area contributed by atoms with E-state index in [2.05, 4.69) is 25.6 Å². The highest BCUT2D eigenvalue weighted by atomic mass is 35.5. The van der Waals surface area contributed by atoms with Crippen molar-refractivity contribution in [1.29, 1.82) is 0 Å². The highest BCUT2D eigenvalue weighted by molar-refractivity contribution is 6.36. The van der Waals surface area contributed by atoms with Crippen LogP contribution in [0.5, 0.6) is 0 Å². The number of fused-ring (bicyclic) bond motifs is 1. The van der Waals surface area contributed by atoms with E-state index < -0.39 is 12.1 Å². The van der Waals surface area contributed by atoms with Gasteiger partial charge in [-0.1, -0.05) is 11.6 Å². The predicted octanol–water partition coefficient (Wildman–Crippen LogP) is 3.31. The first-order valence-electron chi connectivity index (χ1n) is 8.97. The second-order valence-corrected chi connectivity index (χ2v) is 7.28. The molecular formula is C20H17ClFN5O2. The molecule has 1 fully saturated rings. The highest BCUT2D eigenvalue weighted by Crippen LogP contribution is 2.35. The monoisotopic (exact) mass is 413 g/mol. The number of amides is 2. The van der Waals surface area contributed by atoms with Crippen molar-refractivity contribution in [1.82, 2.24) is 20.3 Å². The molecule has 7 nitrogen and oxygen atoms in total. The van der Waals surface area contributed by atoms with Gasteiger partial charge in [0, 0.05) is 36.1 Å². The van der Waals surface area contributed by atoms with E-state index in [9.17, 15) is 14.0 Å². The van der Waals surface area contributed by atoms with Gasteiger partial charge in [0.25, 0.3) is 5.91 Å². The van der Waals surface area contributed by atoms with Gasteiger partial charge in [-0.2, -0.15) is 0 Å². The molecule has 2 N–H and O–H groups in total. The molecule has 9 heteroatoms. The van der Waals surface area contributed by atoms with Crippen LogP contribution in [-0.4, -0.2) is 40.0 Å². The van der Waals surface area contributed by atoms with Gasteiger partial charge >= 0.3 is 0 Å². The Morgan fingerprint density at radius 3 is 2.62 bits per heavy atom. The van der Waals surface area contributed by atoms with E-state index in [1.165, 1.54) is 7.05 Å². The van der Waals surface area contributed by atoms with Crippen molar-refractivity contribution in [2.24, 2.45) is 5.92 Å². The van der Waals surface area contributed by atoms with Crippen LogP contribution in [0.1, 0.15) is 22.7 Å². The van der Waals surface area contributed by atoms with Crippen molar-refractivity contribution in [3.63, 3.8) is 0 Å². The van der Waals surface area contributed by atoms with E-state index in [-0.39, 0.29) is 24.1 Å². The number of aryl methyl sites for hydroxylation is 1. The molecule has 0 bridgehead atoms. The van der Waals surface area contributed by atoms with Crippen molar-refractivity contribution in [3.8, 4) is 11.1 Å². The maximum Gasteiger partial charge on any atom is 0.288 e. The van der Waals surface area contributed by atoms with Crippen LogP contribution in [-0.2, 0) is 4.79 Å². The molecule has 1 aliphatic carbocycles. The summed E-state index contributed by atoms with van der Waals surface area (Å²) in [6.45, 7) is 1.78. The third kappa shape index (κ3) is 3.75. The number of carbonyl (C=O) groups excluding carboxylic acids is 2. The number of benzene rings is 1. The number of pyridine rings is 1. The largest absolute Gasteiger partial charge is 0.352 e. The van der Waals surface area contributed by atoms with Gasteiger partial charge in [-0.25, -0.2) is 19.3 Å². The molecular weight excluding hydrogens is 397 g/mol. The lowest BCUT2D eigenvalue weighted by atomic mass is 10.0. The SMILES string of the molecule is CNC(=O)c1ncc(-c2cc(Cl)c3cnc(NC(=O)C4CC4F)cc3c2)c(C)n1. The molecule has 3 aromatic rings. The van der Waals surface area contributed by atoms with Crippen LogP contribution in [0.25, 0.3) is 21.9 Å². The zero-order chi connectivity index (χ0) is 20.7. The fourth-order valence-electron chi connectivity index (χ4n) is 3.06. The second kappa shape index (κ2) is 7.36. The fraction of sp³-hybridized carbons (Fsp3) is 0.250. The first kappa shape index (κ1) is 19.2. The van der Waals surface area contributed by atoms with Crippen LogP contribution in [0.2, 0.25) is 5.02 Å². The maximum atomic E-state index is 13.1. The molecule has 2 heterocycles. The average molecular weight is 414 g/mol. The first-order chi connectivity index (χ1) is 13.9. The van der Waals surface area contributed by atoms with Crippen molar-refractivity contribution in [2.75, 3.05) is 12.4 Å². The van der Waals surface area contributed by atoms with Gasteiger partial charge in [0.15, 0.2) is 0 Å². The van der Waals surface area contributed by atoms with E-state index >= 15 is 0 Å². The van der Waals surface area contributed by atoms with Crippen molar-refractivity contribution < 1.29 is 14.0 Å². The van der Waals surface area contributed by atoms with Gasteiger partial charge < -0.3 is 10.6 Å². The van der Waals surface area contributed by atoms with E-state index in [1.54, 1.807) is 31.5 Å². The number of anilines is 1. The number of aromatic nitrogens is 3. The van der Waals surface area contributed by atoms with Gasteiger partial charge in [0.1, 0.15) is 12.0 Å². The van der Waals surface area contributed by atoms with Crippen molar-refractivity contribution >= 4 is 40.0 Å². The van der Waals surface area contributed by atoms with E-state index in [1.807, 2.05) is 6.07 Å². The molecule has 148 valence electrons. The Kier molecular flexibility index (Phi) is 4.87. The summed E-state index contributed by atoms with van der Waals surface area (Å²) in [5.41, 5.74) is 2.11. The van der Waals surface area contributed by atoms with Gasteiger partial charge in [-0.15, -0.1) is 0 Å². The van der Waals surface area contributed by atoms with Gasteiger partial charge in [0.05, 0.1) is 10.9 Å². The third-order valence-electron chi connectivity index (χ3n) is 4.81. The number of hydrogen-bond acceptors (Lipinski definition) is 5. The molecule has 1 aliphatic rings. The quantitative estimate of drug-likeness (QED) is 0.684. The minimum atomic E-state index is -1.07. The zero-order valence-corrected chi connectivity index (χ0v) is 16.4. The molecule has 1 aromatic carbocycles. The normalized spacial score (nSPS) is 17.8. The molecule has 2 aromatic heterocycles. The molecule has 0 aliphatic heterocycles. The van der Waals surface area contributed by atoms with Crippen LogP contribution < -0.4 is 10.6 Å². The van der Waals surface area contributed by atoms with E-state index in [0.717, 1.165) is 16.5 Å². The number of hydrogen-bond donors (Lipinski definition) is 2. The molecule has 0 spiro atoms. The molecule has 2 unspecified atom stereocenters. The lowest BCUT2D eigenvalue weighted by Crippen LogP contribution is -2.21. The number of halogens is 2. The Balaban J connectivity index is 1.70. The summed E-state index contributed by atoms with van der Waals surface area (Å²) in [5, 5.41) is 7.07. The fourth-order valence-corrected chi connectivity index (χ4v) is 3.34. The Hall–Kier alpha value is -3.13. The Morgan fingerprint density at radius 2 is 1.97 bits per heavy atom. The number of carbonyl (C=O) groups is 2. The Bertz CT molecular complexity index is 1150. The van der Waals surface area contributed by atoms with Crippen molar-refractivity contribution in [3.05, 3.63) is 47.1 Å². The molecule has 29 heavy (non-hydrogen) atoms. The maximum absolute atomic E-state index is 13.1. The van der Waals surface area contributed by atoms with Gasteiger partial charge in [0.2, 0.25) is 11.7 Å². The minimum Gasteiger partial charge on any atom is -0.352 e. The minimum absolute atomic E-state index is 0.0843. The number of nitrogens with one attached hydrogen (secondary N) is 2. The average Bonchev–Trinajstić information content (AvgIpc) is 3.43. The summed E-state index contributed by atoms with van der Waals surface area (Å²) in [6, 6.07) is 5.33. The second-order valence-electron chi connectivity index (χ2n) is 6.87. The van der Waals surface area contributed by atoms with Crippen LogP contribution in [0.3, 0.4) is 0 Å². The van der Waals surface area contributed by atoms with Crippen LogP contribution in [0, 0.1) is 12.8 Å². The first-order valence-corrected chi connectivity index (χ1v) is 9.35. The summed E-state index contributed by atoms with van der Waals surface area (Å²) in [7, 11) is 1.51.